The number of rotatable bonds is 3. The van der Waals surface area contributed by atoms with Crippen molar-refractivity contribution in [3.05, 3.63) is 29.3 Å². The van der Waals surface area contributed by atoms with Gasteiger partial charge in [0.15, 0.2) is 0 Å². The topological polar surface area (TPSA) is 55.8 Å². The van der Waals surface area contributed by atoms with Crippen molar-refractivity contribution >= 4 is 29.1 Å². The van der Waals surface area contributed by atoms with E-state index in [1.807, 2.05) is 0 Å². The van der Waals surface area contributed by atoms with Gasteiger partial charge in [0.05, 0.1) is 36.8 Å². The molecule has 2 aliphatic carbocycles. The molecule has 3 aliphatic rings. The van der Waals surface area contributed by atoms with Crippen LogP contribution in [0.3, 0.4) is 0 Å². The average Bonchev–Trinajstić information content (AvgIpc) is 3.22. The van der Waals surface area contributed by atoms with Crippen LogP contribution in [0.15, 0.2) is 24.3 Å². The number of fused-ring (bicyclic) bond motifs is 5. The number of hydrogen-bond acceptors (Lipinski definition) is 4. The molecule has 4 rings (SSSR count). The fraction of sp³-hybridized carbons (Fsp3) is 0.412. The van der Waals surface area contributed by atoms with Crippen molar-refractivity contribution in [3.8, 4) is 11.5 Å². The van der Waals surface area contributed by atoms with Crippen molar-refractivity contribution in [1.29, 1.82) is 0 Å². The number of ether oxygens (including phenoxy) is 2. The maximum absolute atomic E-state index is 12.9. The maximum Gasteiger partial charge on any atom is 0.238 e. The first-order valence-electron chi connectivity index (χ1n) is 7.54. The smallest absolute Gasteiger partial charge is 0.238 e. The molecule has 1 heterocycles. The van der Waals surface area contributed by atoms with E-state index in [0.29, 0.717) is 22.2 Å². The number of amides is 2. The highest BCUT2D eigenvalue weighted by Gasteiger charge is 2.60. The third kappa shape index (κ3) is 1.86. The lowest BCUT2D eigenvalue weighted by Gasteiger charge is -2.21. The summed E-state index contributed by atoms with van der Waals surface area (Å²) in [4.78, 5) is 27.0. The Morgan fingerprint density at radius 1 is 1.00 bits per heavy atom. The Labute approximate surface area is 138 Å². The van der Waals surface area contributed by atoms with Gasteiger partial charge in [-0.05, 0) is 18.3 Å². The summed E-state index contributed by atoms with van der Waals surface area (Å²) in [6.07, 6.45) is 5.04. The number of imide groups is 1. The first kappa shape index (κ1) is 14.6. The predicted molar refractivity (Wildman–Crippen MR) is 84.8 cm³/mol. The van der Waals surface area contributed by atoms with Crippen LogP contribution in [0.1, 0.15) is 6.42 Å². The fourth-order valence-electron chi connectivity index (χ4n) is 4.16. The first-order chi connectivity index (χ1) is 11.1. The number of halogens is 1. The van der Waals surface area contributed by atoms with Crippen molar-refractivity contribution < 1.29 is 19.1 Å². The monoisotopic (exact) mass is 333 g/mol. The molecule has 23 heavy (non-hydrogen) atoms. The molecule has 4 atom stereocenters. The lowest BCUT2D eigenvalue weighted by molar-refractivity contribution is -0.123. The zero-order chi connectivity index (χ0) is 16.3. The Bertz CT molecular complexity index is 714. The second-order valence-corrected chi connectivity index (χ2v) is 6.58. The molecule has 1 aromatic rings. The average molecular weight is 334 g/mol. The lowest BCUT2D eigenvalue weighted by atomic mass is 9.85. The van der Waals surface area contributed by atoms with E-state index in [4.69, 9.17) is 21.1 Å². The Morgan fingerprint density at radius 2 is 1.57 bits per heavy atom. The van der Waals surface area contributed by atoms with Crippen LogP contribution >= 0.6 is 11.6 Å². The fourth-order valence-corrected chi connectivity index (χ4v) is 4.39. The minimum atomic E-state index is -0.246. The van der Waals surface area contributed by atoms with Crippen LogP contribution in [0.25, 0.3) is 0 Å². The van der Waals surface area contributed by atoms with Gasteiger partial charge >= 0.3 is 0 Å². The van der Waals surface area contributed by atoms with Crippen molar-refractivity contribution in [2.24, 2.45) is 23.7 Å². The van der Waals surface area contributed by atoms with Crippen LogP contribution in [0.2, 0.25) is 5.02 Å². The Hall–Kier alpha value is -2.01. The summed E-state index contributed by atoms with van der Waals surface area (Å²) in [5, 5.41) is 0.370. The molecular formula is C17H16ClNO4. The second kappa shape index (κ2) is 4.99. The number of allylic oxidation sites excluding steroid dienone is 2. The van der Waals surface area contributed by atoms with Gasteiger partial charge in [-0.3, -0.25) is 9.59 Å². The lowest BCUT2D eigenvalue weighted by Crippen LogP contribution is -2.33. The molecule has 1 aromatic carbocycles. The van der Waals surface area contributed by atoms with Gasteiger partial charge in [-0.2, -0.15) is 0 Å². The zero-order valence-corrected chi connectivity index (χ0v) is 13.5. The highest BCUT2D eigenvalue weighted by molar-refractivity contribution is 6.32. The van der Waals surface area contributed by atoms with E-state index in [2.05, 4.69) is 12.2 Å². The third-order valence-corrected chi connectivity index (χ3v) is 5.46. The molecule has 120 valence electrons. The number of anilines is 1. The van der Waals surface area contributed by atoms with E-state index < -0.39 is 0 Å². The van der Waals surface area contributed by atoms with E-state index >= 15 is 0 Å². The van der Waals surface area contributed by atoms with Crippen LogP contribution in [-0.2, 0) is 9.59 Å². The SMILES string of the molecule is COc1cc(N2C(=O)[C@@H]3[C@@H](C2=O)[C@H]2C=C[C@H]3C2)c(OC)cc1Cl. The van der Waals surface area contributed by atoms with Crippen LogP contribution in [-0.4, -0.2) is 26.0 Å². The van der Waals surface area contributed by atoms with E-state index in [1.165, 1.54) is 19.1 Å². The van der Waals surface area contributed by atoms with Gasteiger partial charge in [-0.25, -0.2) is 4.90 Å². The summed E-state index contributed by atoms with van der Waals surface area (Å²) in [5.41, 5.74) is 0.401. The van der Waals surface area contributed by atoms with Crippen LogP contribution in [0, 0.1) is 23.7 Å². The number of carbonyl (C=O) groups is 2. The van der Waals surface area contributed by atoms with Gasteiger partial charge in [-0.15, -0.1) is 0 Å². The molecule has 1 saturated carbocycles. The van der Waals surface area contributed by atoms with Gasteiger partial charge in [0, 0.05) is 12.1 Å². The van der Waals surface area contributed by atoms with E-state index in [9.17, 15) is 9.59 Å². The van der Waals surface area contributed by atoms with Crippen LogP contribution in [0.4, 0.5) is 5.69 Å². The van der Waals surface area contributed by atoms with Crippen LogP contribution < -0.4 is 14.4 Å². The highest BCUT2D eigenvalue weighted by atomic mass is 35.5. The van der Waals surface area contributed by atoms with Crippen LogP contribution in [0.5, 0.6) is 11.5 Å². The zero-order valence-electron chi connectivity index (χ0n) is 12.8. The van der Waals surface area contributed by atoms with Crippen molar-refractivity contribution in [3.63, 3.8) is 0 Å². The summed E-state index contributed by atoms with van der Waals surface area (Å²) in [6.45, 7) is 0. The minimum Gasteiger partial charge on any atom is -0.495 e. The van der Waals surface area contributed by atoms with Gasteiger partial charge in [0.2, 0.25) is 11.8 Å². The van der Waals surface area contributed by atoms with E-state index in [0.717, 1.165) is 6.42 Å². The summed E-state index contributed by atoms with van der Waals surface area (Å²) in [6, 6.07) is 3.16. The first-order valence-corrected chi connectivity index (χ1v) is 7.92. The number of carbonyl (C=O) groups excluding carboxylic acids is 2. The molecule has 2 fully saturated rings. The van der Waals surface area contributed by atoms with E-state index in [-0.39, 0.29) is 35.5 Å². The van der Waals surface area contributed by atoms with Crippen molar-refractivity contribution in [2.45, 2.75) is 6.42 Å². The molecule has 0 radical (unpaired) electrons. The molecule has 0 aromatic heterocycles. The Kier molecular flexibility index (Phi) is 3.17. The molecule has 6 heteroatoms. The number of benzene rings is 1. The molecule has 0 unspecified atom stereocenters. The summed E-state index contributed by atoms with van der Waals surface area (Å²) < 4.78 is 10.5. The number of methoxy groups -OCH3 is 2. The Balaban J connectivity index is 1.80. The normalized spacial score (nSPS) is 31.0. The largest absolute Gasteiger partial charge is 0.495 e. The second-order valence-electron chi connectivity index (χ2n) is 6.17. The molecule has 2 bridgehead atoms. The van der Waals surface area contributed by atoms with Gasteiger partial charge in [-0.1, -0.05) is 23.8 Å². The maximum atomic E-state index is 12.9. The quantitative estimate of drug-likeness (QED) is 0.630. The molecular weight excluding hydrogens is 318 g/mol. The van der Waals surface area contributed by atoms with Crippen molar-refractivity contribution in [2.75, 3.05) is 19.1 Å². The van der Waals surface area contributed by atoms with E-state index in [1.54, 1.807) is 12.1 Å². The van der Waals surface area contributed by atoms with Gasteiger partial charge in [0.1, 0.15) is 11.5 Å². The summed E-state index contributed by atoms with van der Waals surface area (Å²) in [7, 11) is 2.97. The summed E-state index contributed by atoms with van der Waals surface area (Å²) >= 11 is 6.11. The molecule has 5 nitrogen and oxygen atoms in total. The summed E-state index contributed by atoms with van der Waals surface area (Å²) in [5.74, 6) is 0.337. The molecule has 0 N–H and O–H groups in total. The minimum absolute atomic E-state index is 0.153. The Morgan fingerprint density at radius 3 is 2.09 bits per heavy atom. The molecule has 0 spiro atoms. The highest BCUT2D eigenvalue weighted by Crippen LogP contribution is 2.54. The third-order valence-electron chi connectivity index (χ3n) is 5.16. The predicted octanol–water partition coefficient (Wildman–Crippen LogP) is 2.67. The van der Waals surface area contributed by atoms with Crippen molar-refractivity contribution in [1.82, 2.24) is 0 Å². The van der Waals surface area contributed by atoms with Gasteiger partial charge < -0.3 is 9.47 Å². The number of hydrogen-bond donors (Lipinski definition) is 0. The molecule has 1 saturated heterocycles. The molecule has 1 aliphatic heterocycles. The number of nitrogens with zero attached hydrogens (tertiary/aromatic N) is 1. The standard InChI is InChI=1S/C17H16ClNO4/c1-22-12-7-11(13(23-2)6-10(12)18)19-16(20)14-8-3-4-9(5-8)15(14)17(19)21/h3-4,6-9,14-15H,5H2,1-2H3/t8-,9-,14-,15-/m0/s1. The molecule has 2 amide bonds. The van der Waals surface area contributed by atoms with Gasteiger partial charge in [0.25, 0.3) is 0 Å².